The Kier molecular flexibility index (Phi) is 9.03. The van der Waals surface area contributed by atoms with Crippen LogP contribution < -0.4 is 10.1 Å². The minimum absolute atomic E-state index is 0.0893. The SMILES string of the molecule is Cc1nn(-c2ccc(/C=N/N3C(=O)C(=N)SC3c3ccccc3C(C)C)cc2Cl)cc1NC(=O)c1ccc(OC(F)(F)F)cc1. The van der Waals surface area contributed by atoms with E-state index in [1.165, 1.54) is 28.0 Å². The summed E-state index contributed by atoms with van der Waals surface area (Å²) in [5, 5.41) is 20.7. The van der Waals surface area contributed by atoms with E-state index in [0.29, 0.717) is 27.7 Å². The third kappa shape index (κ3) is 7.21. The summed E-state index contributed by atoms with van der Waals surface area (Å²) in [5.41, 5.74) is 4.07. The van der Waals surface area contributed by atoms with E-state index >= 15 is 0 Å². The zero-order valence-corrected chi connectivity index (χ0v) is 25.7. The number of halogens is 4. The number of rotatable bonds is 8. The second-order valence-electron chi connectivity index (χ2n) is 10.3. The molecule has 0 aliphatic carbocycles. The summed E-state index contributed by atoms with van der Waals surface area (Å²) in [6, 6.07) is 17.4. The summed E-state index contributed by atoms with van der Waals surface area (Å²) in [6.07, 6.45) is -1.77. The molecule has 2 amide bonds. The number of thioether (sulfide) groups is 1. The lowest BCUT2D eigenvalue weighted by Gasteiger charge is -2.22. The molecule has 1 aliphatic rings. The highest BCUT2D eigenvalue weighted by Crippen LogP contribution is 2.42. The third-order valence-corrected chi connectivity index (χ3v) is 8.17. The van der Waals surface area contributed by atoms with Crippen LogP contribution in [-0.2, 0) is 4.79 Å². The number of aryl methyl sites for hydroxylation is 1. The van der Waals surface area contributed by atoms with Crippen LogP contribution in [0.25, 0.3) is 5.69 Å². The van der Waals surface area contributed by atoms with Crippen molar-refractivity contribution in [1.82, 2.24) is 14.8 Å². The number of anilines is 1. The molecule has 0 saturated carbocycles. The van der Waals surface area contributed by atoms with Gasteiger partial charge in [-0.15, -0.1) is 13.2 Å². The topological polar surface area (TPSA) is 113 Å². The van der Waals surface area contributed by atoms with Crippen molar-refractivity contribution in [2.75, 3.05) is 5.32 Å². The van der Waals surface area contributed by atoms with Crippen LogP contribution in [0.4, 0.5) is 18.9 Å². The van der Waals surface area contributed by atoms with Crippen LogP contribution in [0.3, 0.4) is 0 Å². The summed E-state index contributed by atoms with van der Waals surface area (Å²) >= 11 is 7.74. The molecule has 1 unspecified atom stereocenters. The molecule has 45 heavy (non-hydrogen) atoms. The van der Waals surface area contributed by atoms with Crippen LogP contribution in [0.1, 0.15) is 57.9 Å². The van der Waals surface area contributed by atoms with Gasteiger partial charge in [0, 0.05) is 5.56 Å². The second kappa shape index (κ2) is 12.8. The number of alkyl halides is 3. The van der Waals surface area contributed by atoms with Gasteiger partial charge in [0.1, 0.15) is 11.1 Å². The van der Waals surface area contributed by atoms with Gasteiger partial charge in [0.25, 0.3) is 11.8 Å². The van der Waals surface area contributed by atoms with Crippen LogP contribution in [0.15, 0.2) is 78.0 Å². The average Bonchev–Trinajstić information content (AvgIpc) is 3.48. The molecule has 0 radical (unpaired) electrons. The fraction of sp³-hybridized carbons (Fsp3) is 0.194. The number of ether oxygens (including phenoxy) is 1. The molecule has 1 fully saturated rings. The smallest absolute Gasteiger partial charge is 0.406 e. The van der Waals surface area contributed by atoms with Crippen molar-refractivity contribution >= 4 is 52.1 Å². The van der Waals surface area contributed by atoms with Crippen LogP contribution >= 0.6 is 23.4 Å². The molecule has 3 aromatic carbocycles. The average molecular weight is 655 g/mol. The normalized spacial score (nSPS) is 15.4. The molecule has 1 saturated heterocycles. The monoisotopic (exact) mass is 654 g/mol. The maximum atomic E-state index is 12.8. The predicted octanol–water partition coefficient (Wildman–Crippen LogP) is 7.69. The molecule has 1 atom stereocenters. The molecular formula is C31H26ClF3N6O3S. The van der Waals surface area contributed by atoms with Gasteiger partial charge in [-0.3, -0.25) is 15.0 Å². The lowest BCUT2D eigenvalue weighted by molar-refractivity contribution is -0.274. The third-order valence-electron chi connectivity index (χ3n) is 6.78. The van der Waals surface area contributed by atoms with Crippen molar-refractivity contribution < 1.29 is 27.5 Å². The van der Waals surface area contributed by atoms with Gasteiger partial charge in [0.15, 0.2) is 5.04 Å². The lowest BCUT2D eigenvalue weighted by atomic mass is 9.97. The quantitative estimate of drug-likeness (QED) is 0.189. The molecule has 2 heterocycles. The van der Waals surface area contributed by atoms with Crippen LogP contribution in [0.2, 0.25) is 5.02 Å². The molecule has 0 spiro atoms. The summed E-state index contributed by atoms with van der Waals surface area (Å²) in [6.45, 7) is 5.82. The molecule has 1 aliphatic heterocycles. The van der Waals surface area contributed by atoms with Crippen molar-refractivity contribution in [2.24, 2.45) is 5.10 Å². The molecule has 1 aromatic heterocycles. The Bertz CT molecular complexity index is 1810. The zero-order valence-electron chi connectivity index (χ0n) is 24.1. The van der Waals surface area contributed by atoms with Crippen molar-refractivity contribution in [3.05, 3.63) is 106 Å². The molecule has 4 aromatic rings. The van der Waals surface area contributed by atoms with Crippen LogP contribution in [-0.4, -0.2) is 44.2 Å². The summed E-state index contributed by atoms with van der Waals surface area (Å²) < 4.78 is 42.6. The maximum Gasteiger partial charge on any atom is 0.573 e. The number of aromatic nitrogens is 2. The van der Waals surface area contributed by atoms with Crippen molar-refractivity contribution in [3.8, 4) is 11.4 Å². The molecule has 14 heteroatoms. The van der Waals surface area contributed by atoms with Gasteiger partial charge in [-0.25, -0.2) is 9.69 Å². The fourth-order valence-electron chi connectivity index (χ4n) is 4.62. The van der Waals surface area contributed by atoms with E-state index in [2.05, 4.69) is 34.1 Å². The van der Waals surface area contributed by atoms with Crippen LogP contribution in [0, 0.1) is 12.3 Å². The first kappa shape index (κ1) is 31.8. The minimum Gasteiger partial charge on any atom is -0.406 e. The number of hydrogen-bond acceptors (Lipinski definition) is 7. The maximum absolute atomic E-state index is 12.8. The van der Waals surface area contributed by atoms with E-state index in [1.807, 2.05) is 24.3 Å². The lowest BCUT2D eigenvalue weighted by Crippen LogP contribution is -2.25. The highest BCUT2D eigenvalue weighted by molar-refractivity contribution is 8.16. The van der Waals surface area contributed by atoms with Crippen molar-refractivity contribution in [1.29, 1.82) is 5.41 Å². The Labute approximate surface area is 265 Å². The first-order valence-electron chi connectivity index (χ1n) is 13.6. The van der Waals surface area contributed by atoms with E-state index in [-0.39, 0.29) is 16.5 Å². The van der Waals surface area contributed by atoms with Gasteiger partial charge in [0.05, 0.1) is 34.5 Å². The van der Waals surface area contributed by atoms with Gasteiger partial charge in [-0.2, -0.15) is 10.2 Å². The highest BCUT2D eigenvalue weighted by Gasteiger charge is 2.39. The number of hydrazone groups is 1. The summed E-state index contributed by atoms with van der Waals surface area (Å²) in [5.74, 6) is -1.26. The van der Waals surface area contributed by atoms with E-state index in [9.17, 15) is 22.8 Å². The number of carbonyl (C=O) groups excluding carboxylic acids is 2. The fourth-order valence-corrected chi connectivity index (χ4v) is 5.90. The Hall–Kier alpha value is -4.62. The predicted molar refractivity (Wildman–Crippen MR) is 167 cm³/mol. The molecule has 0 bridgehead atoms. The summed E-state index contributed by atoms with van der Waals surface area (Å²) in [4.78, 5) is 25.5. The molecule has 2 N–H and O–H groups in total. The minimum atomic E-state index is -4.83. The van der Waals surface area contributed by atoms with Gasteiger partial charge >= 0.3 is 6.36 Å². The van der Waals surface area contributed by atoms with E-state index in [0.717, 1.165) is 35.0 Å². The second-order valence-corrected chi connectivity index (χ2v) is 11.8. The first-order chi connectivity index (χ1) is 21.3. The van der Waals surface area contributed by atoms with Gasteiger partial charge < -0.3 is 10.1 Å². The largest absolute Gasteiger partial charge is 0.573 e. The number of hydrogen-bond donors (Lipinski definition) is 2. The Balaban J connectivity index is 1.31. The summed E-state index contributed by atoms with van der Waals surface area (Å²) in [7, 11) is 0. The number of nitrogens with zero attached hydrogens (tertiary/aromatic N) is 4. The molecule has 232 valence electrons. The zero-order chi connectivity index (χ0) is 32.5. The molecule has 5 rings (SSSR count). The van der Waals surface area contributed by atoms with E-state index in [1.54, 1.807) is 31.3 Å². The Morgan fingerprint density at radius 2 is 1.87 bits per heavy atom. The number of nitrogens with one attached hydrogen (secondary N) is 2. The van der Waals surface area contributed by atoms with Crippen molar-refractivity contribution in [3.63, 3.8) is 0 Å². The van der Waals surface area contributed by atoms with Gasteiger partial charge in [0.2, 0.25) is 0 Å². The number of amides is 2. The van der Waals surface area contributed by atoms with Gasteiger partial charge in [-0.1, -0.05) is 67.5 Å². The Morgan fingerprint density at radius 3 is 2.53 bits per heavy atom. The molecule has 9 nitrogen and oxygen atoms in total. The van der Waals surface area contributed by atoms with Gasteiger partial charge in [-0.05, 0) is 65.9 Å². The van der Waals surface area contributed by atoms with Crippen molar-refractivity contribution in [2.45, 2.75) is 38.4 Å². The first-order valence-corrected chi connectivity index (χ1v) is 14.8. The highest BCUT2D eigenvalue weighted by atomic mass is 35.5. The van der Waals surface area contributed by atoms with E-state index < -0.39 is 29.3 Å². The Morgan fingerprint density at radius 1 is 1.16 bits per heavy atom. The molecular weight excluding hydrogens is 629 g/mol. The standard InChI is InChI=1S/C31H26ClF3N6O3S/c1-17(2)22-6-4-5-7-23(22)30-41(29(43)27(36)45-30)37-15-19-8-13-26(24(32)14-19)40-16-25(18(3)39-40)38-28(42)20-9-11-21(12-10-20)44-31(33,34)35/h4-17,30,36H,1-3H3,(H,38,42)/b36-27?,37-15+. The van der Waals surface area contributed by atoms with E-state index in [4.69, 9.17) is 17.0 Å². The number of benzene rings is 3. The van der Waals surface area contributed by atoms with Crippen LogP contribution in [0.5, 0.6) is 5.75 Å². The number of carbonyl (C=O) groups is 2.